The molecule has 0 spiro atoms. The van der Waals surface area contributed by atoms with Crippen LogP contribution in [-0.2, 0) is 22.1 Å². The van der Waals surface area contributed by atoms with E-state index in [4.69, 9.17) is 0 Å². The molecule has 2 aliphatic heterocycles. The van der Waals surface area contributed by atoms with Crippen LogP contribution in [0.25, 0.3) is 0 Å². The lowest BCUT2D eigenvalue weighted by Gasteiger charge is -2.24. The van der Waals surface area contributed by atoms with Gasteiger partial charge in [0.25, 0.3) is 11.8 Å². The zero-order chi connectivity index (χ0) is 27.2. The molecule has 196 valence electrons. The van der Waals surface area contributed by atoms with Crippen LogP contribution in [0.1, 0.15) is 48.6 Å². The Hall–Kier alpha value is -3.99. The summed E-state index contributed by atoms with van der Waals surface area (Å²) in [5, 5.41) is 29.4. The maximum absolute atomic E-state index is 13.7. The van der Waals surface area contributed by atoms with Crippen molar-refractivity contribution in [3.8, 4) is 0 Å². The third-order valence-corrected chi connectivity index (χ3v) is 6.73. The summed E-state index contributed by atoms with van der Waals surface area (Å²) >= 11 is 0. The molecule has 38 heavy (non-hydrogen) atoms. The highest BCUT2D eigenvalue weighted by molar-refractivity contribution is 6.28. The number of aliphatic hydroxyl groups is 2. The fourth-order valence-electron chi connectivity index (χ4n) is 4.78. The number of carbonyl (C=O) groups is 2. The lowest BCUT2D eigenvalue weighted by atomic mass is 10.0. The molecule has 0 bridgehead atoms. The van der Waals surface area contributed by atoms with E-state index in [1.165, 1.54) is 29.2 Å². The van der Waals surface area contributed by atoms with Crippen molar-refractivity contribution in [2.24, 2.45) is 11.0 Å². The smallest absolute Gasteiger partial charge is 0.270 e. The minimum atomic E-state index is -3.08. The third-order valence-electron chi connectivity index (χ3n) is 6.73. The second-order valence-electron chi connectivity index (χ2n) is 9.50. The molecule has 0 aromatic heterocycles. The summed E-state index contributed by atoms with van der Waals surface area (Å²) in [6.07, 6.45) is -1.98. The first kappa shape index (κ1) is 25.7. The Morgan fingerprint density at radius 3 is 2.32 bits per heavy atom. The highest BCUT2D eigenvalue weighted by Crippen LogP contribution is 2.40. The van der Waals surface area contributed by atoms with E-state index in [9.17, 15) is 28.6 Å². The predicted octanol–water partition coefficient (Wildman–Crippen LogP) is 4.27. The number of rotatable bonds is 6. The maximum atomic E-state index is 13.7. The van der Waals surface area contributed by atoms with Crippen LogP contribution in [-0.4, -0.2) is 32.6 Å². The first-order chi connectivity index (χ1) is 18.0. The van der Waals surface area contributed by atoms with E-state index >= 15 is 0 Å². The summed E-state index contributed by atoms with van der Waals surface area (Å²) in [5.74, 6) is -5.55. The number of hydrogen-bond acceptors (Lipinski definition) is 6. The molecule has 2 heterocycles. The number of hydrazone groups is 1. The van der Waals surface area contributed by atoms with Crippen molar-refractivity contribution in [3.63, 3.8) is 0 Å². The Bertz CT molecular complexity index is 1410. The molecular weight excluding hydrogens is 494 g/mol. The van der Waals surface area contributed by atoms with Gasteiger partial charge in [-0.15, -0.1) is 0 Å². The number of fused-ring (bicyclic) bond motifs is 1. The molecule has 10 heteroatoms. The van der Waals surface area contributed by atoms with Gasteiger partial charge in [-0.05, 0) is 36.8 Å². The van der Waals surface area contributed by atoms with E-state index in [0.29, 0.717) is 22.4 Å². The molecular formula is C28H26F2N4O4. The minimum absolute atomic E-state index is 0.152. The molecule has 0 saturated carbocycles. The van der Waals surface area contributed by atoms with Gasteiger partial charge in [-0.3, -0.25) is 9.59 Å². The topological polar surface area (TPSA) is 105 Å². The van der Waals surface area contributed by atoms with Crippen molar-refractivity contribution in [2.75, 3.05) is 10.3 Å². The zero-order valence-corrected chi connectivity index (χ0v) is 20.7. The average Bonchev–Trinajstić information content (AvgIpc) is 3.31. The molecule has 5 rings (SSSR count). The maximum Gasteiger partial charge on any atom is 0.270 e. The van der Waals surface area contributed by atoms with Crippen LogP contribution >= 0.6 is 0 Å². The van der Waals surface area contributed by atoms with Gasteiger partial charge in [0.15, 0.2) is 5.92 Å². The molecule has 2 amide bonds. The van der Waals surface area contributed by atoms with Gasteiger partial charge in [0.1, 0.15) is 12.5 Å². The summed E-state index contributed by atoms with van der Waals surface area (Å²) in [5.41, 5.74) is 2.54. The summed E-state index contributed by atoms with van der Waals surface area (Å²) in [7, 11) is 0. The highest BCUT2D eigenvalue weighted by Gasteiger charge is 2.40. The standard InChI is InChI=1S/C28H26F2N4O4/c1-16-23(24(35)31-19-9-6-8-18(14-19)28(2,29)30)27(38)34(32-16)20-10-5-7-17(13-20)15-33-25(36)21-11-3-4-12-22(21)26(33)37/h3-14,23,25-26,36-37H,15H2,1-2H3,(H,31,35). The van der Waals surface area contributed by atoms with E-state index < -0.39 is 36.1 Å². The van der Waals surface area contributed by atoms with Crippen molar-refractivity contribution in [1.29, 1.82) is 0 Å². The number of carbonyl (C=O) groups excluding carboxylic acids is 2. The van der Waals surface area contributed by atoms with Crippen LogP contribution in [0.2, 0.25) is 0 Å². The molecule has 3 N–H and O–H groups in total. The largest absolute Gasteiger partial charge is 0.374 e. The predicted molar refractivity (Wildman–Crippen MR) is 137 cm³/mol. The Kier molecular flexibility index (Phi) is 6.56. The molecule has 3 atom stereocenters. The van der Waals surface area contributed by atoms with Crippen LogP contribution in [0.5, 0.6) is 0 Å². The van der Waals surface area contributed by atoms with Crippen molar-refractivity contribution < 1.29 is 28.6 Å². The number of nitrogens with zero attached hydrogens (tertiary/aromatic N) is 3. The molecule has 3 aromatic carbocycles. The Morgan fingerprint density at radius 1 is 1.00 bits per heavy atom. The summed E-state index contributed by atoms with van der Waals surface area (Å²) in [6.45, 7) is 2.51. The van der Waals surface area contributed by atoms with E-state index in [1.54, 1.807) is 55.5 Å². The molecule has 0 aliphatic carbocycles. The van der Waals surface area contributed by atoms with Crippen molar-refractivity contribution >= 4 is 28.9 Å². The van der Waals surface area contributed by atoms with Gasteiger partial charge in [0.05, 0.1) is 11.4 Å². The molecule has 3 aromatic rings. The van der Waals surface area contributed by atoms with E-state index in [-0.39, 0.29) is 23.5 Å². The summed E-state index contributed by atoms with van der Waals surface area (Å²) in [6, 6.07) is 19.3. The molecule has 8 nitrogen and oxygen atoms in total. The number of anilines is 2. The van der Waals surface area contributed by atoms with Crippen molar-refractivity contribution in [1.82, 2.24) is 4.90 Å². The first-order valence-electron chi connectivity index (χ1n) is 12.0. The SMILES string of the molecule is CC1=NN(c2cccc(CN3C(O)c4ccccc4C3O)c2)C(=O)C1C(=O)Nc1cccc(C(C)(F)F)c1. The minimum Gasteiger partial charge on any atom is -0.374 e. The summed E-state index contributed by atoms with van der Waals surface area (Å²) < 4.78 is 27.4. The lowest BCUT2D eigenvalue weighted by molar-refractivity contribution is -0.127. The van der Waals surface area contributed by atoms with Gasteiger partial charge in [0, 0.05) is 35.8 Å². The highest BCUT2D eigenvalue weighted by atomic mass is 19.3. The van der Waals surface area contributed by atoms with Crippen LogP contribution in [0.4, 0.5) is 20.2 Å². The van der Waals surface area contributed by atoms with E-state index in [2.05, 4.69) is 10.4 Å². The fourth-order valence-corrected chi connectivity index (χ4v) is 4.78. The number of amides is 2. The monoisotopic (exact) mass is 520 g/mol. The first-order valence-corrected chi connectivity index (χ1v) is 12.0. The number of aliphatic hydroxyl groups excluding tert-OH is 2. The molecule has 2 aliphatic rings. The van der Waals surface area contributed by atoms with Gasteiger partial charge in [0.2, 0.25) is 5.91 Å². The number of benzene rings is 3. The molecule has 0 radical (unpaired) electrons. The number of alkyl halides is 2. The van der Waals surface area contributed by atoms with Gasteiger partial charge >= 0.3 is 0 Å². The van der Waals surface area contributed by atoms with Gasteiger partial charge < -0.3 is 15.5 Å². The second-order valence-corrected chi connectivity index (χ2v) is 9.50. The van der Waals surface area contributed by atoms with E-state index in [0.717, 1.165) is 11.9 Å². The zero-order valence-electron chi connectivity index (χ0n) is 20.7. The molecule has 0 saturated heterocycles. The Balaban J connectivity index is 1.31. The Labute approximate surface area is 217 Å². The third kappa shape index (κ3) is 4.69. The van der Waals surface area contributed by atoms with Gasteiger partial charge in [-0.1, -0.05) is 48.5 Å². The number of nitrogens with one attached hydrogen (secondary N) is 1. The molecule has 3 unspecified atom stereocenters. The van der Waals surface area contributed by atoms with Crippen LogP contribution < -0.4 is 10.3 Å². The number of hydrogen-bond donors (Lipinski definition) is 3. The molecule has 0 fully saturated rings. The van der Waals surface area contributed by atoms with E-state index in [1.807, 2.05) is 0 Å². The summed E-state index contributed by atoms with van der Waals surface area (Å²) in [4.78, 5) is 27.7. The Morgan fingerprint density at radius 2 is 1.66 bits per heavy atom. The lowest BCUT2D eigenvalue weighted by Crippen LogP contribution is -2.36. The van der Waals surface area contributed by atoms with Gasteiger partial charge in [-0.25, -0.2) is 13.7 Å². The van der Waals surface area contributed by atoms with Crippen molar-refractivity contribution in [3.05, 3.63) is 95.1 Å². The van der Waals surface area contributed by atoms with Crippen molar-refractivity contribution in [2.45, 2.75) is 38.8 Å². The quantitative estimate of drug-likeness (QED) is 0.421. The van der Waals surface area contributed by atoms with Crippen LogP contribution in [0.15, 0.2) is 77.9 Å². The van der Waals surface area contributed by atoms with Gasteiger partial charge in [-0.2, -0.15) is 10.1 Å². The fraction of sp³-hybridized carbons (Fsp3) is 0.250. The van der Waals surface area contributed by atoms with Crippen LogP contribution in [0.3, 0.4) is 0 Å². The normalized spacial score (nSPS) is 21.4. The van der Waals surface area contributed by atoms with Crippen LogP contribution in [0, 0.1) is 5.92 Å². The average molecular weight is 521 g/mol. The number of halogens is 2. The second kappa shape index (κ2) is 9.71.